The van der Waals surface area contributed by atoms with E-state index in [-0.39, 0.29) is 12.5 Å². The summed E-state index contributed by atoms with van der Waals surface area (Å²) in [5.41, 5.74) is 0. The Morgan fingerprint density at radius 2 is 2.04 bits per heavy atom. The molecule has 1 heterocycles. The maximum Gasteiger partial charge on any atom is 0.350 e. The molecule has 0 atom stereocenters. The van der Waals surface area contributed by atoms with Crippen LogP contribution in [0.25, 0.3) is 10.1 Å². The highest BCUT2D eigenvalue weighted by Crippen LogP contribution is 2.37. The molecule has 3 rings (SSSR count). The fraction of sp³-hybridized carbons (Fsp3) is 0.474. The molecule has 26 heavy (non-hydrogen) atoms. The molecule has 1 aliphatic carbocycles. The maximum atomic E-state index is 12.3. The lowest BCUT2D eigenvalue weighted by molar-refractivity contribution is -0.124. The van der Waals surface area contributed by atoms with Crippen LogP contribution in [0.4, 0.5) is 0 Å². The van der Waals surface area contributed by atoms with Crippen molar-refractivity contribution in [1.82, 2.24) is 5.32 Å². The van der Waals surface area contributed by atoms with E-state index in [1.165, 1.54) is 30.6 Å². The lowest BCUT2D eigenvalue weighted by atomic mass is 9.89. The number of methoxy groups -OCH3 is 1. The molecule has 1 saturated carbocycles. The first-order chi connectivity index (χ1) is 12.6. The number of fused-ring (bicyclic) bond motifs is 1. The quantitative estimate of drug-likeness (QED) is 0.735. The molecule has 0 radical (unpaired) electrons. The molecule has 0 bridgehead atoms. The zero-order valence-electron chi connectivity index (χ0n) is 14.7. The van der Waals surface area contributed by atoms with Crippen molar-refractivity contribution in [3.8, 4) is 5.75 Å². The zero-order valence-corrected chi connectivity index (χ0v) is 16.3. The van der Waals surface area contributed by atoms with Crippen molar-refractivity contribution in [3.05, 3.63) is 28.1 Å². The topological polar surface area (TPSA) is 64.6 Å². The maximum absolute atomic E-state index is 12.3. The number of esters is 1. The van der Waals surface area contributed by atoms with Gasteiger partial charge in [-0.15, -0.1) is 11.3 Å². The number of amides is 1. The summed E-state index contributed by atoms with van der Waals surface area (Å²) in [6.07, 6.45) is 6.04. The van der Waals surface area contributed by atoms with Crippen LogP contribution >= 0.6 is 22.9 Å². The van der Waals surface area contributed by atoms with Gasteiger partial charge in [-0.25, -0.2) is 4.79 Å². The Morgan fingerprint density at radius 1 is 1.27 bits per heavy atom. The van der Waals surface area contributed by atoms with Crippen molar-refractivity contribution in [3.63, 3.8) is 0 Å². The number of halogens is 1. The Labute approximate surface area is 161 Å². The molecule has 1 fully saturated rings. The predicted molar refractivity (Wildman–Crippen MR) is 103 cm³/mol. The smallest absolute Gasteiger partial charge is 0.350 e. The van der Waals surface area contributed by atoms with E-state index in [4.69, 9.17) is 21.1 Å². The molecule has 1 amide bonds. The van der Waals surface area contributed by atoms with E-state index in [0.29, 0.717) is 28.1 Å². The van der Waals surface area contributed by atoms with Gasteiger partial charge in [-0.05, 0) is 37.0 Å². The van der Waals surface area contributed by atoms with Gasteiger partial charge in [-0.1, -0.05) is 30.9 Å². The second kappa shape index (κ2) is 8.73. The fourth-order valence-electron chi connectivity index (χ4n) is 3.20. The third-order valence-electron chi connectivity index (χ3n) is 4.67. The Hall–Kier alpha value is -1.79. The van der Waals surface area contributed by atoms with E-state index >= 15 is 0 Å². The Bertz CT molecular complexity index is 798. The van der Waals surface area contributed by atoms with Crippen LogP contribution in [0, 0.1) is 5.92 Å². The van der Waals surface area contributed by atoms with E-state index in [0.717, 1.165) is 22.9 Å². The van der Waals surface area contributed by atoms with Gasteiger partial charge in [0, 0.05) is 16.6 Å². The highest BCUT2D eigenvalue weighted by molar-refractivity contribution is 7.21. The molecule has 1 N–H and O–H groups in total. The molecule has 0 aliphatic heterocycles. The number of carbonyl (C=O) groups excluding carboxylic acids is 2. The normalized spacial score (nSPS) is 15.0. The van der Waals surface area contributed by atoms with Crippen LogP contribution in [0.1, 0.15) is 41.8 Å². The largest absolute Gasteiger partial charge is 0.497 e. The molecule has 5 nitrogen and oxygen atoms in total. The lowest BCUT2D eigenvalue weighted by Gasteiger charge is -2.21. The number of carbonyl (C=O) groups is 2. The van der Waals surface area contributed by atoms with Crippen molar-refractivity contribution in [1.29, 1.82) is 0 Å². The second-order valence-electron chi connectivity index (χ2n) is 6.49. The van der Waals surface area contributed by atoms with Crippen LogP contribution < -0.4 is 10.1 Å². The highest BCUT2D eigenvalue weighted by Gasteiger charge is 2.20. The van der Waals surface area contributed by atoms with Crippen LogP contribution in [0.2, 0.25) is 5.02 Å². The van der Waals surface area contributed by atoms with Gasteiger partial charge < -0.3 is 14.8 Å². The van der Waals surface area contributed by atoms with Gasteiger partial charge in [-0.2, -0.15) is 0 Å². The number of hydrogen-bond donors (Lipinski definition) is 1. The number of rotatable bonds is 6. The van der Waals surface area contributed by atoms with Gasteiger partial charge in [-0.3, -0.25) is 4.79 Å². The fourth-order valence-corrected chi connectivity index (χ4v) is 4.63. The van der Waals surface area contributed by atoms with E-state index in [2.05, 4.69) is 5.32 Å². The molecule has 0 saturated heterocycles. The van der Waals surface area contributed by atoms with E-state index in [1.54, 1.807) is 19.2 Å². The molecule has 7 heteroatoms. The monoisotopic (exact) mass is 395 g/mol. The van der Waals surface area contributed by atoms with Crippen LogP contribution in [-0.4, -0.2) is 32.1 Å². The third kappa shape index (κ3) is 4.48. The van der Waals surface area contributed by atoms with E-state index in [9.17, 15) is 9.59 Å². The van der Waals surface area contributed by atoms with E-state index < -0.39 is 5.97 Å². The first-order valence-electron chi connectivity index (χ1n) is 8.78. The van der Waals surface area contributed by atoms with Crippen molar-refractivity contribution >= 4 is 44.9 Å². The number of benzene rings is 1. The lowest BCUT2D eigenvalue weighted by Crippen LogP contribution is -2.33. The van der Waals surface area contributed by atoms with Gasteiger partial charge in [0.15, 0.2) is 6.61 Å². The Morgan fingerprint density at radius 3 is 2.77 bits per heavy atom. The summed E-state index contributed by atoms with van der Waals surface area (Å²) in [6, 6.07) is 5.41. The SMILES string of the molecule is COc1ccc2c(Cl)c(C(=O)OCC(=O)NCC3CCCCC3)sc2c1. The average molecular weight is 396 g/mol. The number of nitrogens with one attached hydrogen (secondary N) is 1. The Kier molecular flexibility index (Phi) is 6.38. The van der Waals surface area contributed by atoms with Gasteiger partial charge in [0.05, 0.1) is 12.1 Å². The summed E-state index contributed by atoms with van der Waals surface area (Å²) < 4.78 is 11.2. The van der Waals surface area contributed by atoms with Gasteiger partial charge in [0.2, 0.25) is 0 Å². The average Bonchev–Trinajstić information content (AvgIpc) is 3.01. The summed E-state index contributed by atoms with van der Waals surface area (Å²) in [5.74, 6) is 0.374. The van der Waals surface area contributed by atoms with Gasteiger partial charge >= 0.3 is 5.97 Å². The third-order valence-corrected chi connectivity index (χ3v) is 6.31. The summed E-state index contributed by atoms with van der Waals surface area (Å²) >= 11 is 7.52. The first-order valence-corrected chi connectivity index (χ1v) is 9.97. The van der Waals surface area contributed by atoms with Crippen LogP contribution in [0.15, 0.2) is 18.2 Å². The molecule has 140 valence electrons. The van der Waals surface area contributed by atoms with Crippen molar-refractivity contribution in [2.45, 2.75) is 32.1 Å². The van der Waals surface area contributed by atoms with Crippen LogP contribution in [0.3, 0.4) is 0 Å². The van der Waals surface area contributed by atoms with Gasteiger partial charge in [0.1, 0.15) is 10.6 Å². The molecule has 1 aromatic heterocycles. The number of hydrogen-bond acceptors (Lipinski definition) is 5. The zero-order chi connectivity index (χ0) is 18.5. The molecule has 2 aromatic rings. The van der Waals surface area contributed by atoms with Gasteiger partial charge in [0.25, 0.3) is 5.91 Å². The molecule has 1 aliphatic rings. The Balaban J connectivity index is 1.55. The summed E-state index contributed by atoms with van der Waals surface area (Å²) in [6.45, 7) is 0.360. The standard InChI is InChI=1S/C19H22ClNO4S/c1-24-13-7-8-14-15(9-13)26-18(17(14)20)19(23)25-11-16(22)21-10-12-5-3-2-4-6-12/h7-9,12H,2-6,10-11H2,1H3,(H,21,22). The van der Waals surface area contributed by atoms with Crippen molar-refractivity contribution < 1.29 is 19.1 Å². The summed E-state index contributed by atoms with van der Waals surface area (Å²) in [5, 5.41) is 3.97. The minimum Gasteiger partial charge on any atom is -0.497 e. The molecular weight excluding hydrogens is 374 g/mol. The first kappa shape index (κ1) is 19.0. The predicted octanol–water partition coefficient (Wildman–Crippen LogP) is 4.42. The minimum atomic E-state index is -0.581. The van der Waals surface area contributed by atoms with E-state index in [1.807, 2.05) is 6.07 Å². The second-order valence-corrected chi connectivity index (χ2v) is 7.92. The van der Waals surface area contributed by atoms with Crippen LogP contribution in [-0.2, 0) is 9.53 Å². The minimum absolute atomic E-state index is 0.275. The number of ether oxygens (including phenoxy) is 2. The summed E-state index contributed by atoms with van der Waals surface area (Å²) in [7, 11) is 1.58. The summed E-state index contributed by atoms with van der Waals surface area (Å²) in [4.78, 5) is 24.5. The molecule has 1 aromatic carbocycles. The van der Waals surface area contributed by atoms with Crippen LogP contribution in [0.5, 0.6) is 5.75 Å². The molecule has 0 unspecified atom stereocenters. The highest BCUT2D eigenvalue weighted by atomic mass is 35.5. The van der Waals surface area contributed by atoms with Crippen molar-refractivity contribution in [2.75, 3.05) is 20.3 Å². The molecular formula is C19H22ClNO4S. The van der Waals surface area contributed by atoms with Crippen molar-refractivity contribution in [2.24, 2.45) is 5.92 Å². The number of thiophene rings is 1. The molecule has 0 spiro atoms.